The van der Waals surface area contributed by atoms with Gasteiger partial charge in [0.1, 0.15) is 11.5 Å². The molecule has 5 heteroatoms. The van der Waals surface area contributed by atoms with E-state index >= 15 is 0 Å². The van der Waals surface area contributed by atoms with Gasteiger partial charge in [-0.15, -0.1) is 0 Å². The zero-order valence-corrected chi connectivity index (χ0v) is 10.5. The number of carbonyl (C=O) groups is 1. The Labute approximate surface area is 106 Å². The first-order valence-electron chi connectivity index (χ1n) is 5.95. The Morgan fingerprint density at radius 2 is 2.11 bits per heavy atom. The molecule has 0 saturated heterocycles. The molecular weight excluding hydrogens is 234 g/mol. The fourth-order valence-corrected chi connectivity index (χ4v) is 1.54. The first kappa shape index (κ1) is 14.3. The van der Waals surface area contributed by atoms with E-state index in [4.69, 9.17) is 9.84 Å². The summed E-state index contributed by atoms with van der Waals surface area (Å²) in [6.07, 6.45) is 2.41. The highest BCUT2D eigenvalue weighted by molar-refractivity contribution is 5.96. The first-order chi connectivity index (χ1) is 8.69. The molecule has 0 radical (unpaired) electrons. The van der Waals surface area contributed by atoms with Crippen LogP contribution in [0.1, 0.15) is 29.6 Å². The summed E-state index contributed by atoms with van der Waals surface area (Å²) in [6, 6.07) is 4.55. The topological polar surface area (TPSA) is 78.8 Å². The maximum absolute atomic E-state index is 11.7. The van der Waals surface area contributed by atoms with E-state index in [2.05, 4.69) is 5.32 Å². The van der Waals surface area contributed by atoms with Crippen LogP contribution in [0, 0.1) is 0 Å². The first-order valence-corrected chi connectivity index (χ1v) is 5.95. The monoisotopic (exact) mass is 253 g/mol. The van der Waals surface area contributed by atoms with E-state index in [1.165, 1.54) is 19.2 Å². The van der Waals surface area contributed by atoms with Gasteiger partial charge in [-0.05, 0) is 31.4 Å². The Morgan fingerprint density at radius 1 is 1.33 bits per heavy atom. The number of nitrogens with one attached hydrogen (secondary N) is 1. The predicted octanol–water partition coefficient (Wildman–Crippen LogP) is 1.29. The number of methoxy groups -OCH3 is 1. The molecule has 1 rings (SSSR count). The quantitative estimate of drug-likeness (QED) is 0.640. The molecule has 0 bridgehead atoms. The third-order valence-electron chi connectivity index (χ3n) is 2.57. The van der Waals surface area contributed by atoms with E-state index in [1.807, 2.05) is 0 Å². The lowest BCUT2D eigenvalue weighted by Crippen LogP contribution is -2.24. The van der Waals surface area contributed by atoms with Gasteiger partial charge in [-0.2, -0.15) is 0 Å². The van der Waals surface area contributed by atoms with Crippen molar-refractivity contribution in [2.45, 2.75) is 19.3 Å². The highest BCUT2D eigenvalue weighted by Gasteiger charge is 2.11. The van der Waals surface area contributed by atoms with Crippen molar-refractivity contribution in [2.75, 3.05) is 20.3 Å². The van der Waals surface area contributed by atoms with Crippen LogP contribution in [0.3, 0.4) is 0 Å². The lowest BCUT2D eigenvalue weighted by Gasteiger charge is -2.08. The van der Waals surface area contributed by atoms with Crippen LogP contribution in [-0.2, 0) is 0 Å². The second-order valence-corrected chi connectivity index (χ2v) is 3.92. The molecule has 1 aromatic rings. The van der Waals surface area contributed by atoms with Gasteiger partial charge < -0.3 is 20.3 Å². The predicted molar refractivity (Wildman–Crippen MR) is 67.9 cm³/mol. The van der Waals surface area contributed by atoms with Crippen molar-refractivity contribution < 1.29 is 19.7 Å². The Morgan fingerprint density at radius 3 is 2.72 bits per heavy atom. The van der Waals surface area contributed by atoms with Crippen molar-refractivity contribution in [3.8, 4) is 11.5 Å². The molecule has 3 N–H and O–H groups in total. The minimum atomic E-state index is -0.306. The number of hydrogen-bond donors (Lipinski definition) is 3. The molecule has 5 nitrogen and oxygen atoms in total. The molecule has 1 aromatic carbocycles. The molecule has 0 fully saturated rings. The number of aromatic hydroxyl groups is 1. The zero-order chi connectivity index (χ0) is 13.4. The van der Waals surface area contributed by atoms with Crippen LogP contribution in [0.4, 0.5) is 0 Å². The van der Waals surface area contributed by atoms with Gasteiger partial charge in [-0.1, -0.05) is 0 Å². The number of phenolic OH excluding ortho intramolecular Hbond substituents is 1. The van der Waals surface area contributed by atoms with Crippen LogP contribution in [-0.4, -0.2) is 36.4 Å². The molecule has 0 saturated carbocycles. The van der Waals surface area contributed by atoms with Crippen molar-refractivity contribution in [1.82, 2.24) is 5.32 Å². The summed E-state index contributed by atoms with van der Waals surface area (Å²) in [5, 5.41) is 21.0. The van der Waals surface area contributed by atoms with Gasteiger partial charge in [0.15, 0.2) is 0 Å². The van der Waals surface area contributed by atoms with E-state index in [9.17, 15) is 9.90 Å². The minimum Gasteiger partial charge on any atom is -0.507 e. The highest BCUT2D eigenvalue weighted by atomic mass is 16.5. The molecule has 0 aromatic heterocycles. The summed E-state index contributed by atoms with van der Waals surface area (Å²) in [7, 11) is 1.50. The average molecular weight is 253 g/mol. The summed E-state index contributed by atoms with van der Waals surface area (Å²) in [6.45, 7) is 0.706. The highest BCUT2D eigenvalue weighted by Crippen LogP contribution is 2.23. The number of unbranched alkanes of at least 4 members (excludes halogenated alkanes) is 2. The van der Waals surface area contributed by atoms with Crippen molar-refractivity contribution in [1.29, 1.82) is 0 Å². The molecule has 1 amide bonds. The van der Waals surface area contributed by atoms with Gasteiger partial charge in [0.25, 0.3) is 5.91 Å². The summed E-state index contributed by atoms with van der Waals surface area (Å²) >= 11 is 0. The van der Waals surface area contributed by atoms with Crippen molar-refractivity contribution in [2.24, 2.45) is 0 Å². The number of amides is 1. The van der Waals surface area contributed by atoms with Gasteiger partial charge in [0, 0.05) is 19.2 Å². The Balaban J connectivity index is 2.46. The van der Waals surface area contributed by atoms with Gasteiger partial charge >= 0.3 is 0 Å². The fourth-order valence-electron chi connectivity index (χ4n) is 1.54. The summed E-state index contributed by atoms with van der Waals surface area (Å²) in [5.74, 6) is 0.105. The minimum absolute atomic E-state index is 0.0952. The van der Waals surface area contributed by atoms with Crippen LogP contribution >= 0.6 is 0 Å². The molecule has 0 aliphatic rings. The number of ether oxygens (including phenoxy) is 1. The molecule has 18 heavy (non-hydrogen) atoms. The molecule has 0 unspecified atom stereocenters. The third-order valence-corrected chi connectivity index (χ3v) is 2.57. The Bertz CT molecular complexity index is 393. The van der Waals surface area contributed by atoms with E-state index in [0.29, 0.717) is 12.3 Å². The maximum Gasteiger partial charge on any atom is 0.255 e. The molecule has 0 atom stereocenters. The molecular formula is C13H19NO4. The lowest BCUT2D eigenvalue weighted by atomic mass is 10.1. The number of benzene rings is 1. The Kier molecular flexibility index (Phi) is 6.00. The fraction of sp³-hybridized carbons (Fsp3) is 0.462. The number of aliphatic hydroxyl groups excluding tert-OH is 1. The van der Waals surface area contributed by atoms with Gasteiger partial charge in [-0.3, -0.25) is 4.79 Å². The van der Waals surface area contributed by atoms with Gasteiger partial charge in [-0.25, -0.2) is 0 Å². The van der Waals surface area contributed by atoms with Gasteiger partial charge in [0.05, 0.1) is 12.7 Å². The second-order valence-electron chi connectivity index (χ2n) is 3.92. The van der Waals surface area contributed by atoms with Gasteiger partial charge in [0.2, 0.25) is 0 Å². The smallest absolute Gasteiger partial charge is 0.255 e. The van der Waals surface area contributed by atoms with Crippen molar-refractivity contribution in [3.63, 3.8) is 0 Å². The van der Waals surface area contributed by atoms with Crippen LogP contribution < -0.4 is 10.1 Å². The normalized spacial score (nSPS) is 10.1. The number of aliphatic hydroxyl groups is 1. The number of rotatable bonds is 7. The van der Waals surface area contributed by atoms with Crippen LogP contribution in [0.25, 0.3) is 0 Å². The van der Waals surface area contributed by atoms with E-state index in [-0.39, 0.29) is 23.8 Å². The molecule has 0 aliphatic heterocycles. The standard InChI is InChI=1S/C13H19NO4/c1-18-10-5-6-11(12(16)9-10)13(17)14-7-3-2-4-8-15/h5-6,9,15-16H,2-4,7-8H2,1H3,(H,14,17). The largest absolute Gasteiger partial charge is 0.507 e. The molecule has 0 spiro atoms. The van der Waals surface area contributed by atoms with Crippen molar-refractivity contribution >= 4 is 5.91 Å². The van der Waals surface area contributed by atoms with Crippen LogP contribution in [0.5, 0.6) is 11.5 Å². The summed E-state index contributed by atoms with van der Waals surface area (Å²) < 4.78 is 4.94. The van der Waals surface area contributed by atoms with E-state index < -0.39 is 0 Å². The van der Waals surface area contributed by atoms with E-state index in [1.54, 1.807) is 6.07 Å². The Hall–Kier alpha value is -1.75. The average Bonchev–Trinajstić information content (AvgIpc) is 2.38. The summed E-state index contributed by atoms with van der Waals surface area (Å²) in [5.41, 5.74) is 0.234. The van der Waals surface area contributed by atoms with E-state index in [0.717, 1.165) is 19.3 Å². The number of carbonyl (C=O) groups excluding carboxylic acids is 1. The molecule has 100 valence electrons. The molecule has 0 heterocycles. The van der Waals surface area contributed by atoms with Crippen LogP contribution in [0.15, 0.2) is 18.2 Å². The van der Waals surface area contributed by atoms with Crippen LogP contribution in [0.2, 0.25) is 0 Å². The lowest BCUT2D eigenvalue weighted by molar-refractivity contribution is 0.0950. The molecule has 0 aliphatic carbocycles. The SMILES string of the molecule is COc1ccc(C(=O)NCCCCCO)c(O)c1. The summed E-state index contributed by atoms with van der Waals surface area (Å²) in [4.78, 5) is 11.7. The number of phenols is 1. The maximum atomic E-state index is 11.7. The second kappa shape index (κ2) is 7.55. The zero-order valence-electron chi connectivity index (χ0n) is 10.5. The number of hydrogen-bond acceptors (Lipinski definition) is 4. The third kappa shape index (κ3) is 4.25. The van der Waals surface area contributed by atoms with Crippen molar-refractivity contribution in [3.05, 3.63) is 23.8 Å².